The van der Waals surface area contributed by atoms with Crippen LogP contribution in [0, 0.1) is 11.8 Å². The van der Waals surface area contributed by atoms with E-state index < -0.39 is 5.60 Å². The van der Waals surface area contributed by atoms with Crippen LogP contribution in [0.3, 0.4) is 0 Å². The molecule has 3 fully saturated rings. The number of piperidine rings is 1. The molecule has 5 nitrogen and oxygen atoms in total. The molecule has 1 aliphatic carbocycles. The van der Waals surface area contributed by atoms with Gasteiger partial charge in [-0.25, -0.2) is 0 Å². The van der Waals surface area contributed by atoms with Crippen molar-refractivity contribution in [2.75, 3.05) is 20.1 Å². The van der Waals surface area contributed by atoms with E-state index in [1.54, 1.807) is 0 Å². The Bertz CT molecular complexity index is 545. The van der Waals surface area contributed by atoms with Crippen LogP contribution in [0.1, 0.15) is 37.7 Å². The molecule has 5 heteroatoms. The van der Waals surface area contributed by atoms with Crippen LogP contribution in [0.2, 0.25) is 0 Å². The molecule has 3 unspecified atom stereocenters. The van der Waals surface area contributed by atoms with Crippen molar-refractivity contribution in [1.82, 2.24) is 15.7 Å². The van der Waals surface area contributed by atoms with E-state index >= 15 is 0 Å². The van der Waals surface area contributed by atoms with Gasteiger partial charge in [-0.1, -0.05) is 36.8 Å². The Kier molecular flexibility index (Phi) is 4.62. The topological polar surface area (TPSA) is 56.8 Å². The van der Waals surface area contributed by atoms with E-state index in [1.165, 1.54) is 6.42 Å². The van der Waals surface area contributed by atoms with E-state index in [0.717, 1.165) is 44.3 Å². The first-order chi connectivity index (χ1) is 11.7. The highest BCUT2D eigenvalue weighted by atomic mass is 16.7. The summed E-state index contributed by atoms with van der Waals surface area (Å²) < 4.78 is 0. The minimum atomic E-state index is -0.907. The monoisotopic (exact) mass is 331 g/mol. The molecule has 132 valence electrons. The molecule has 4 rings (SSSR count). The Labute approximate surface area is 144 Å². The van der Waals surface area contributed by atoms with Crippen molar-refractivity contribution in [1.29, 1.82) is 0 Å². The minimum Gasteiger partial charge on any atom is -0.382 e. The standard InChI is InChI=1S/C19H29N3O2/c1-22-17(14-10-12-20-13-11-14)24-21-18(22)19(23,16-8-5-9-16)15-6-3-2-4-7-15/h2-4,6-7,14,16-18,20-21,23H,5,8-13H2,1H3. The molecule has 2 aliphatic heterocycles. The number of nitrogens with zero attached hydrogens (tertiary/aromatic N) is 1. The molecule has 24 heavy (non-hydrogen) atoms. The number of rotatable bonds is 4. The van der Waals surface area contributed by atoms with Crippen molar-refractivity contribution in [3.63, 3.8) is 0 Å². The van der Waals surface area contributed by atoms with Gasteiger partial charge in [0.1, 0.15) is 18.0 Å². The summed E-state index contributed by atoms with van der Waals surface area (Å²) in [7, 11) is 2.09. The molecule has 1 aromatic rings. The average molecular weight is 331 g/mol. The first-order valence-electron chi connectivity index (χ1n) is 9.33. The predicted octanol–water partition coefficient (Wildman–Crippen LogP) is 1.79. The minimum absolute atomic E-state index is 0.0346. The van der Waals surface area contributed by atoms with E-state index in [0.29, 0.717) is 5.92 Å². The molecule has 3 aliphatic rings. The fourth-order valence-corrected chi connectivity index (χ4v) is 4.58. The van der Waals surface area contributed by atoms with Gasteiger partial charge in [-0.05, 0) is 57.3 Å². The van der Waals surface area contributed by atoms with Crippen LogP contribution < -0.4 is 10.8 Å². The second-order valence-electron chi connectivity index (χ2n) is 7.60. The maximum Gasteiger partial charge on any atom is 0.136 e. The number of likely N-dealkylation sites (N-methyl/N-ethyl adjacent to an activating group) is 1. The van der Waals surface area contributed by atoms with Crippen LogP contribution in [0.25, 0.3) is 0 Å². The molecule has 0 amide bonds. The molecule has 0 bridgehead atoms. The van der Waals surface area contributed by atoms with E-state index in [2.05, 4.69) is 22.7 Å². The van der Waals surface area contributed by atoms with Crippen molar-refractivity contribution >= 4 is 0 Å². The Morgan fingerprint density at radius 1 is 1.12 bits per heavy atom. The summed E-state index contributed by atoms with van der Waals surface area (Å²) in [5.41, 5.74) is 3.28. The van der Waals surface area contributed by atoms with Crippen molar-refractivity contribution in [2.45, 2.75) is 50.1 Å². The Morgan fingerprint density at radius 2 is 1.83 bits per heavy atom. The van der Waals surface area contributed by atoms with Gasteiger partial charge in [0.15, 0.2) is 0 Å². The summed E-state index contributed by atoms with van der Waals surface area (Å²) in [5.74, 6) is 0.797. The molecule has 0 spiro atoms. The summed E-state index contributed by atoms with van der Waals surface area (Å²) in [4.78, 5) is 8.22. The van der Waals surface area contributed by atoms with Crippen molar-refractivity contribution in [2.24, 2.45) is 11.8 Å². The van der Waals surface area contributed by atoms with E-state index in [-0.39, 0.29) is 18.3 Å². The Balaban J connectivity index is 1.59. The van der Waals surface area contributed by atoms with Crippen LogP contribution in [0.15, 0.2) is 30.3 Å². The lowest BCUT2D eigenvalue weighted by Crippen LogP contribution is -2.58. The highest BCUT2D eigenvalue weighted by molar-refractivity contribution is 5.26. The van der Waals surface area contributed by atoms with Crippen molar-refractivity contribution in [3.8, 4) is 0 Å². The number of nitrogens with one attached hydrogen (secondary N) is 2. The maximum atomic E-state index is 11.8. The third-order valence-electron chi connectivity index (χ3n) is 6.28. The van der Waals surface area contributed by atoms with Crippen LogP contribution >= 0.6 is 0 Å². The molecule has 0 radical (unpaired) electrons. The quantitative estimate of drug-likeness (QED) is 0.785. The van der Waals surface area contributed by atoms with Gasteiger partial charge in [0.25, 0.3) is 0 Å². The average Bonchev–Trinajstić information content (AvgIpc) is 2.97. The van der Waals surface area contributed by atoms with Crippen LogP contribution in [-0.4, -0.2) is 42.5 Å². The zero-order valence-corrected chi connectivity index (χ0v) is 14.4. The number of hydroxylamine groups is 1. The highest BCUT2D eigenvalue weighted by Gasteiger charge is 2.54. The van der Waals surface area contributed by atoms with Crippen molar-refractivity contribution in [3.05, 3.63) is 35.9 Å². The largest absolute Gasteiger partial charge is 0.382 e. The first kappa shape index (κ1) is 16.5. The second kappa shape index (κ2) is 6.73. The van der Waals surface area contributed by atoms with Gasteiger partial charge in [0, 0.05) is 5.92 Å². The number of aliphatic hydroxyl groups is 1. The summed E-state index contributed by atoms with van der Waals surface area (Å²) >= 11 is 0. The number of benzene rings is 1. The molecular weight excluding hydrogens is 302 g/mol. The summed E-state index contributed by atoms with van der Waals surface area (Å²) in [5, 5.41) is 15.2. The van der Waals surface area contributed by atoms with Gasteiger partial charge < -0.3 is 10.4 Å². The SMILES string of the molecule is CN1C(C2CCNCC2)ONC1C(O)(c1ccccc1)C1CCC1. The predicted molar refractivity (Wildman–Crippen MR) is 92.8 cm³/mol. The van der Waals surface area contributed by atoms with E-state index in [9.17, 15) is 5.11 Å². The molecule has 1 saturated carbocycles. The Hall–Kier alpha value is -0.980. The van der Waals surface area contributed by atoms with Crippen LogP contribution in [0.4, 0.5) is 0 Å². The summed E-state index contributed by atoms with van der Waals surface area (Å²) in [6, 6.07) is 10.1. The molecule has 0 aromatic heterocycles. The van der Waals surface area contributed by atoms with E-state index in [1.807, 2.05) is 30.3 Å². The number of hydrogen-bond donors (Lipinski definition) is 3. The number of hydrogen-bond acceptors (Lipinski definition) is 5. The van der Waals surface area contributed by atoms with Gasteiger partial charge >= 0.3 is 0 Å². The third kappa shape index (κ3) is 2.68. The Morgan fingerprint density at radius 3 is 2.46 bits per heavy atom. The molecule has 3 N–H and O–H groups in total. The highest BCUT2D eigenvalue weighted by Crippen LogP contribution is 2.47. The fraction of sp³-hybridized carbons (Fsp3) is 0.684. The third-order valence-corrected chi connectivity index (χ3v) is 6.28. The van der Waals surface area contributed by atoms with Crippen LogP contribution in [-0.2, 0) is 10.4 Å². The molecule has 1 aromatic carbocycles. The fourth-order valence-electron chi connectivity index (χ4n) is 4.58. The normalized spacial score (nSPS) is 32.4. The van der Waals surface area contributed by atoms with Gasteiger partial charge in [-0.2, -0.15) is 5.48 Å². The zero-order valence-electron chi connectivity index (χ0n) is 14.4. The lowest BCUT2D eigenvalue weighted by molar-refractivity contribution is -0.119. The smallest absolute Gasteiger partial charge is 0.136 e. The zero-order chi connectivity index (χ0) is 16.6. The molecule has 2 heterocycles. The van der Waals surface area contributed by atoms with Gasteiger partial charge in [0.2, 0.25) is 0 Å². The molecule has 2 saturated heterocycles. The van der Waals surface area contributed by atoms with Crippen molar-refractivity contribution < 1.29 is 9.94 Å². The van der Waals surface area contributed by atoms with Crippen LogP contribution in [0.5, 0.6) is 0 Å². The lowest BCUT2D eigenvalue weighted by Gasteiger charge is -2.47. The van der Waals surface area contributed by atoms with E-state index in [4.69, 9.17) is 4.84 Å². The maximum absolute atomic E-state index is 11.8. The summed E-state index contributed by atoms with van der Waals surface area (Å²) in [6.45, 7) is 2.10. The first-order valence-corrected chi connectivity index (χ1v) is 9.33. The molecular formula is C19H29N3O2. The second-order valence-corrected chi connectivity index (χ2v) is 7.60. The van der Waals surface area contributed by atoms with Gasteiger partial charge in [-0.15, -0.1) is 0 Å². The molecule has 3 atom stereocenters. The van der Waals surface area contributed by atoms with Gasteiger partial charge in [0.05, 0.1) is 0 Å². The van der Waals surface area contributed by atoms with Gasteiger partial charge in [-0.3, -0.25) is 9.74 Å². The summed E-state index contributed by atoms with van der Waals surface area (Å²) in [6.07, 6.45) is 5.44. The lowest BCUT2D eigenvalue weighted by atomic mass is 9.68.